The first-order valence-corrected chi connectivity index (χ1v) is 14.5. The third kappa shape index (κ3) is 7.61. The van der Waals surface area contributed by atoms with Gasteiger partial charge in [-0.3, -0.25) is 4.79 Å². The Balaban J connectivity index is 1.48. The molecule has 1 aliphatic rings. The highest BCUT2D eigenvalue weighted by Crippen LogP contribution is 2.34. The van der Waals surface area contributed by atoms with Crippen LogP contribution in [0.2, 0.25) is 0 Å². The average Bonchev–Trinajstić information content (AvgIpc) is 2.91. The normalized spacial score (nSPS) is 17.7. The molecule has 4 rings (SSSR count). The second kappa shape index (κ2) is 12.1. The lowest BCUT2D eigenvalue weighted by molar-refractivity contribution is -0.144. The van der Waals surface area contributed by atoms with E-state index in [0.717, 1.165) is 5.56 Å². The molecule has 0 radical (unpaired) electrons. The lowest BCUT2D eigenvalue weighted by Gasteiger charge is -2.37. The van der Waals surface area contributed by atoms with Crippen molar-refractivity contribution in [1.29, 1.82) is 0 Å². The van der Waals surface area contributed by atoms with Gasteiger partial charge in [0.1, 0.15) is 17.1 Å². The topological polar surface area (TPSA) is 122 Å². The number of piperidine rings is 1. The van der Waals surface area contributed by atoms with Crippen molar-refractivity contribution in [2.45, 2.75) is 50.2 Å². The Morgan fingerprint density at radius 3 is 2.38 bits per heavy atom. The molecule has 1 aliphatic heterocycles. The number of hydrogen-bond acceptors (Lipinski definition) is 6. The summed E-state index contributed by atoms with van der Waals surface area (Å²) in [6, 6.07) is 22.4. The molecule has 2 atom stereocenters. The number of amides is 1. The molecule has 0 bridgehead atoms. The maximum absolute atomic E-state index is 13.1. The van der Waals surface area contributed by atoms with Crippen LogP contribution in [-0.4, -0.2) is 49.2 Å². The summed E-state index contributed by atoms with van der Waals surface area (Å²) < 4.78 is 40.0. The Morgan fingerprint density at radius 2 is 1.68 bits per heavy atom. The fraction of sp³-hybridized carbons (Fsp3) is 0.333. The number of nitrogens with one attached hydrogen (secondary N) is 1. The number of likely N-dealkylation sites (tertiary alicyclic amines) is 1. The molecule has 40 heavy (non-hydrogen) atoms. The zero-order valence-corrected chi connectivity index (χ0v) is 23.6. The fourth-order valence-corrected chi connectivity index (χ4v) is 5.65. The molecule has 9 nitrogen and oxygen atoms in total. The van der Waals surface area contributed by atoms with Crippen LogP contribution in [0, 0.1) is 5.92 Å². The second-order valence-electron chi connectivity index (χ2n) is 10.7. The van der Waals surface area contributed by atoms with Gasteiger partial charge in [0.2, 0.25) is 10.0 Å². The van der Waals surface area contributed by atoms with Crippen molar-refractivity contribution < 1.29 is 32.6 Å². The van der Waals surface area contributed by atoms with Gasteiger partial charge in [0.25, 0.3) is 0 Å². The van der Waals surface area contributed by atoms with Crippen LogP contribution in [0.25, 0.3) is 0 Å². The van der Waals surface area contributed by atoms with Gasteiger partial charge < -0.3 is 19.5 Å². The van der Waals surface area contributed by atoms with Crippen molar-refractivity contribution in [3.8, 4) is 11.5 Å². The van der Waals surface area contributed by atoms with Gasteiger partial charge in [-0.25, -0.2) is 17.9 Å². The Morgan fingerprint density at radius 1 is 0.975 bits per heavy atom. The minimum absolute atomic E-state index is 0.000180. The smallest absolute Gasteiger partial charge is 0.410 e. The Bertz CT molecular complexity index is 1450. The first-order chi connectivity index (χ1) is 18.9. The zero-order valence-electron chi connectivity index (χ0n) is 22.7. The largest absolute Gasteiger partial charge is 0.481 e. The quantitative estimate of drug-likeness (QED) is 0.375. The van der Waals surface area contributed by atoms with Gasteiger partial charge in [0.05, 0.1) is 10.8 Å². The molecule has 1 saturated heterocycles. The molecule has 0 aromatic heterocycles. The van der Waals surface area contributed by atoms with Crippen LogP contribution >= 0.6 is 0 Å². The van der Waals surface area contributed by atoms with Crippen LogP contribution in [0.15, 0.2) is 83.8 Å². The number of carboxylic acid groups (broad SMARTS) is 1. The minimum atomic E-state index is -3.87. The highest BCUT2D eigenvalue weighted by Gasteiger charge is 2.38. The number of carboxylic acids is 1. The Hall–Kier alpha value is -3.89. The summed E-state index contributed by atoms with van der Waals surface area (Å²) in [4.78, 5) is 26.3. The summed E-state index contributed by atoms with van der Waals surface area (Å²) in [6.07, 6.45) is -0.193. The molecule has 0 spiro atoms. The van der Waals surface area contributed by atoms with E-state index in [9.17, 15) is 23.1 Å². The molecule has 10 heteroatoms. The first-order valence-electron chi connectivity index (χ1n) is 13.0. The van der Waals surface area contributed by atoms with Gasteiger partial charge in [-0.15, -0.1) is 0 Å². The van der Waals surface area contributed by atoms with E-state index in [1.807, 2.05) is 24.3 Å². The van der Waals surface area contributed by atoms with Crippen molar-refractivity contribution >= 4 is 22.1 Å². The van der Waals surface area contributed by atoms with Gasteiger partial charge in [0.15, 0.2) is 0 Å². The number of carbonyl (C=O) groups is 2. The van der Waals surface area contributed by atoms with Crippen molar-refractivity contribution in [1.82, 2.24) is 9.62 Å². The maximum atomic E-state index is 13.1. The van der Waals surface area contributed by atoms with E-state index in [2.05, 4.69) is 4.72 Å². The van der Waals surface area contributed by atoms with Crippen LogP contribution < -0.4 is 9.46 Å². The summed E-state index contributed by atoms with van der Waals surface area (Å²) in [5.41, 5.74) is 0.715. The number of sulfonamides is 1. The molecule has 1 amide bonds. The van der Waals surface area contributed by atoms with E-state index >= 15 is 0 Å². The van der Waals surface area contributed by atoms with E-state index in [1.165, 1.54) is 17.0 Å². The van der Waals surface area contributed by atoms with E-state index in [4.69, 9.17) is 9.47 Å². The lowest BCUT2D eigenvalue weighted by atomic mass is 9.80. The SMILES string of the molecule is CC(C)(C)OC(=O)N1CC[C@@H](C(=O)O)[C@H](c2cccc(CNS(=O)(=O)c3cccc(Oc4ccccc4)c3)c2)C1. The number of nitrogens with zero attached hydrogens (tertiary/aromatic N) is 1. The summed E-state index contributed by atoms with van der Waals surface area (Å²) >= 11 is 0. The second-order valence-corrected chi connectivity index (χ2v) is 12.5. The molecule has 3 aromatic rings. The first kappa shape index (κ1) is 29.1. The minimum Gasteiger partial charge on any atom is -0.481 e. The highest BCUT2D eigenvalue weighted by molar-refractivity contribution is 7.89. The molecule has 2 N–H and O–H groups in total. The molecule has 3 aromatic carbocycles. The van der Waals surface area contributed by atoms with Gasteiger partial charge in [-0.2, -0.15) is 0 Å². The summed E-state index contributed by atoms with van der Waals surface area (Å²) in [5.74, 6) is -1.10. The summed E-state index contributed by atoms with van der Waals surface area (Å²) in [7, 11) is -3.87. The van der Waals surface area contributed by atoms with Crippen LogP contribution in [0.3, 0.4) is 0 Å². The molecule has 0 aliphatic carbocycles. The average molecular weight is 567 g/mol. The standard InChI is InChI=1S/C30H34N2O7S/c1-30(2,3)39-29(35)32-16-15-26(28(33)34)27(20-32)22-10-7-9-21(17-22)19-31-40(36,37)25-14-8-13-24(18-25)38-23-11-5-4-6-12-23/h4-14,17-18,26-27,31H,15-16,19-20H2,1-3H3,(H,33,34)/t26-,27+/m1/s1. The number of aliphatic carboxylic acids is 1. The van der Waals surface area contributed by atoms with E-state index < -0.39 is 39.5 Å². The van der Waals surface area contributed by atoms with Crippen LogP contribution in [0.4, 0.5) is 4.79 Å². The van der Waals surface area contributed by atoms with Gasteiger partial charge in [-0.1, -0.05) is 48.5 Å². The third-order valence-electron chi connectivity index (χ3n) is 6.52. The molecule has 1 fully saturated rings. The summed E-state index contributed by atoms with van der Waals surface area (Å²) in [6.45, 7) is 5.82. The van der Waals surface area contributed by atoms with E-state index in [1.54, 1.807) is 63.2 Å². The summed E-state index contributed by atoms with van der Waals surface area (Å²) in [5, 5.41) is 9.87. The number of hydrogen-bond donors (Lipinski definition) is 2. The predicted octanol–water partition coefficient (Wildman–Crippen LogP) is 5.38. The lowest BCUT2D eigenvalue weighted by Crippen LogP contribution is -2.46. The van der Waals surface area contributed by atoms with Crippen molar-refractivity contribution in [3.05, 3.63) is 90.0 Å². The molecule has 0 unspecified atom stereocenters. The van der Waals surface area contributed by atoms with E-state index in [-0.39, 0.29) is 31.0 Å². The fourth-order valence-electron chi connectivity index (χ4n) is 4.60. The number of rotatable bonds is 8. The van der Waals surface area contributed by atoms with Crippen LogP contribution in [0.5, 0.6) is 11.5 Å². The van der Waals surface area contributed by atoms with Gasteiger partial charge in [-0.05, 0) is 62.6 Å². The molecule has 212 valence electrons. The molecule has 0 saturated carbocycles. The molecular weight excluding hydrogens is 532 g/mol. The predicted molar refractivity (Wildman–Crippen MR) is 150 cm³/mol. The monoisotopic (exact) mass is 566 g/mol. The van der Waals surface area contributed by atoms with Crippen molar-refractivity contribution in [3.63, 3.8) is 0 Å². The van der Waals surface area contributed by atoms with Crippen molar-refractivity contribution in [2.24, 2.45) is 5.92 Å². The molecular formula is C30H34N2O7S. The van der Waals surface area contributed by atoms with Crippen LogP contribution in [0.1, 0.15) is 44.2 Å². The van der Waals surface area contributed by atoms with Gasteiger partial charge in [0, 0.05) is 31.6 Å². The number of benzene rings is 3. The van der Waals surface area contributed by atoms with Crippen LogP contribution in [-0.2, 0) is 26.1 Å². The molecule has 1 heterocycles. The maximum Gasteiger partial charge on any atom is 0.410 e. The highest BCUT2D eigenvalue weighted by atomic mass is 32.2. The number of para-hydroxylation sites is 1. The zero-order chi connectivity index (χ0) is 28.9. The third-order valence-corrected chi connectivity index (χ3v) is 7.92. The number of ether oxygens (including phenoxy) is 2. The van der Waals surface area contributed by atoms with Gasteiger partial charge >= 0.3 is 12.1 Å². The van der Waals surface area contributed by atoms with Crippen molar-refractivity contribution in [2.75, 3.05) is 13.1 Å². The number of carbonyl (C=O) groups excluding carboxylic acids is 1. The Labute approximate surface area is 234 Å². The Kier molecular flexibility index (Phi) is 8.80. The van der Waals surface area contributed by atoms with E-state index in [0.29, 0.717) is 17.1 Å².